The lowest BCUT2D eigenvalue weighted by molar-refractivity contribution is 0.00566. The van der Waals surface area contributed by atoms with Crippen molar-refractivity contribution in [1.82, 2.24) is 24.5 Å². The van der Waals surface area contributed by atoms with Gasteiger partial charge in [0.1, 0.15) is 30.6 Å². The van der Waals surface area contributed by atoms with E-state index in [2.05, 4.69) is 55.7 Å². The fourth-order valence-electron chi connectivity index (χ4n) is 7.26. The van der Waals surface area contributed by atoms with Crippen LogP contribution in [0.2, 0.25) is 51.4 Å². The highest BCUT2D eigenvalue weighted by Crippen LogP contribution is 2.47. The van der Waals surface area contributed by atoms with Crippen molar-refractivity contribution < 1.29 is 28.8 Å². The number of pyridine rings is 1. The number of carbonyl (C=O) groups is 1. The first-order valence-corrected chi connectivity index (χ1v) is 27.0. The molecule has 5 rings (SSSR count). The highest BCUT2D eigenvalue weighted by Gasteiger charge is 2.46. The molecule has 0 unspecified atom stereocenters. The average molecular weight is 781 g/mol. The van der Waals surface area contributed by atoms with Crippen LogP contribution in [0.5, 0.6) is 0 Å². The van der Waals surface area contributed by atoms with E-state index >= 15 is 0 Å². The number of rotatable bonds is 17. The Labute approximate surface area is 324 Å². The first kappa shape index (κ1) is 41.8. The third-order valence-corrected chi connectivity index (χ3v) is 13.5. The molecule has 2 aliphatic rings. The fraction of sp³-hybridized carbons (Fsp3) is 0.650. The number of hydrogen-bond acceptors (Lipinski definition) is 10. The van der Waals surface area contributed by atoms with Gasteiger partial charge >= 0.3 is 6.09 Å². The van der Waals surface area contributed by atoms with Gasteiger partial charge in [0, 0.05) is 64.7 Å². The number of carbonyl (C=O) groups excluding carboxylic acids is 1. The minimum absolute atomic E-state index is 0.0113. The Morgan fingerprint density at radius 1 is 0.981 bits per heavy atom. The number of aliphatic hydroxyl groups excluding tert-OH is 1. The quantitative estimate of drug-likeness (QED) is 0.0619. The van der Waals surface area contributed by atoms with Gasteiger partial charge in [-0.1, -0.05) is 51.9 Å². The maximum absolute atomic E-state index is 13.5. The molecule has 298 valence electrons. The van der Waals surface area contributed by atoms with Crippen molar-refractivity contribution in [3.05, 3.63) is 48.1 Å². The predicted molar refractivity (Wildman–Crippen MR) is 220 cm³/mol. The SMILES string of the molecule is C=C(OCC)c1c([C@@H]2C[C@H]3CC[C@@H](C2)N3C(=O)OC(C)(C)C)nc2c(-c3ccc(CO)nc3)cnn2c1N(COCC[Si](C)(C)C)COCC[Si](C)(C)C. The van der Waals surface area contributed by atoms with Gasteiger partial charge in [-0.2, -0.15) is 9.61 Å². The van der Waals surface area contributed by atoms with Gasteiger partial charge in [-0.3, -0.25) is 4.98 Å². The summed E-state index contributed by atoms with van der Waals surface area (Å²) in [7, 11) is -2.68. The smallest absolute Gasteiger partial charge is 0.410 e. The van der Waals surface area contributed by atoms with Crippen LogP contribution in [0.25, 0.3) is 22.5 Å². The molecular formula is C40H64N6O6Si2. The van der Waals surface area contributed by atoms with E-state index in [-0.39, 0.29) is 44.2 Å². The monoisotopic (exact) mass is 780 g/mol. The van der Waals surface area contributed by atoms with Crippen LogP contribution in [0.15, 0.2) is 31.1 Å². The molecule has 2 aliphatic heterocycles. The van der Waals surface area contributed by atoms with E-state index in [0.29, 0.717) is 36.9 Å². The van der Waals surface area contributed by atoms with E-state index in [1.54, 1.807) is 6.20 Å². The summed E-state index contributed by atoms with van der Waals surface area (Å²) in [6.45, 7) is 28.4. The standard InChI is InChI=1S/C40H64N6O6Si2/c1-12-51-28(2)35-36(30-21-32-15-16-33(22-30)45(32)39(48)52-40(3,4)5)43-37-34(29-13-14-31(25-47)41-23-29)24-42-46(37)38(35)44(26-49-17-19-53(6,7)8)27-50-18-20-54(9,10)11/h13-14,23-24,30,32-33,47H,2,12,15-22,25-27H2,1,3-11H3/t30-,32-,33+. The molecule has 1 N–H and O–H groups in total. The minimum Gasteiger partial charge on any atom is -0.494 e. The molecule has 2 fully saturated rings. The molecule has 3 aromatic heterocycles. The number of hydrogen-bond donors (Lipinski definition) is 1. The molecule has 12 nitrogen and oxygen atoms in total. The van der Waals surface area contributed by atoms with Crippen LogP contribution in [0.4, 0.5) is 10.6 Å². The lowest BCUT2D eigenvalue weighted by atomic mass is 9.85. The molecule has 5 heterocycles. The van der Waals surface area contributed by atoms with E-state index in [0.717, 1.165) is 66.0 Å². The third kappa shape index (κ3) is 10.5. The van der Waals surface area contributed by atoms with Crippen LogP contribution in [0, 0.1) is 0 Å². The summed E-state index contributed by atoms with van der Waals surface area (Å²) in [6.07, 6.45) is 6.64. The van der Waals surface area contributed by atoms with Crippen molar-refractivity contribution in [3.63, 3.8) is 0 Å². The van der Waals surface area contributed by atoms with Gasteiger partial charge in [-0.05, 0) is 71.5 Å². The zero-order chi connectivity index (χ0) is 39.4. The Morgan fingerprint density at radius 3 is 2.09 bits per heavy atom. The van der Waals surface area contributed by atoms with E-state index < -0.39 is 21.7 Å². The van der Waals surface area contributed by atoms with Crippen molar-refractivity contribution in [2.24, 2.45) is 0 Å². The van der Waals surface area contributed by atoms with Crippen LogP contribution in [0.1, 0.15) is 76.2 Å². The summed E-state index contributed by atoms with van der Waals surface area (Å²) < 4.78 is 26.9. The Balaban J connectivity index is 1.66. The van der Waals surface area contributed by atoms with Crippen molar-refractivity contribution in [2.75, 3.05) is 38.2 Å². The molecule has 0 aromatic carbocycles. The van der Waals surface area contributed by atoms with Gasteiger partial charge in [-0.15, -0.1) is 0 Å². The Kier molecular flexibility index (Phi) is 13.4. The largest absolute Gasteiger partial charge is 0.494 e. The van der Waals surface area contributed by atoms with Crippen molar-refractivity contribution >= 4 is 39.5 Å². The zero-order valence-corrected chi connectivity index (χ0v) is 36.4. The van der Waals surface area contributed by atoms with E-state index in [1.165, 1.54) is 0 Å². The topological polar surface area (TPSA) is 124 Å². The van der Waals surface area contributed by atoms with Crippen LogP contribution in [0.3, 0.4) is 0 Å². The van der Waals surface area contributed by atoms with Crippen molar-refractivity contribution in [2.45, 2.75) is 135 Å². The van der Waals surface area contributed by atoms with Gasteiger partial charge in [0.2, 0.25) is 0 Å². The number of aliphatic hydroxyl groups is 1. The first-order chi connectivity index (χ1) is 25.4. The van der Waals surface area contributed by atoms with Gasteiger partial charge in [0.15, 0.2) is 5.65 Å². The third-order valence-electron chi connectivity index (χ3n) is 10.1. The lowest BCUT2D eigenvalue weighted by Crippen LogP contribution is -2.48. The predicted octanol–water partition coefficient (Wildman–Crippen LogP) is 8.37. The first-order valence-electron chi connectivity index (χ1n) is 19.6. The van der Waals surface area contributed by atoms with E-state index in [9.17, 15) is 9.90 Å². The van der Waals surface area contributed by atoms with Gasteiger partial charge in [-0.25, -0.2) is 9.78 Å². The molecule has 0 radical (unpaired) electrons. The normalized spacial score (nSPS) is 19.0. The molecule has 3 atom stereocenters. The zero-order valence-electron chi connectivity index (χ0n) is 34.4. The van der Waals surface area contributed by atoms with Crippen LogP contribution in [-0.2, 0) is 25.6 Å². The second-order valence-electron chi connectivity index (χ2n) is 18.2. The van der Waals surface area contributed by atoms with Gasteiger partial charge < -0.3 is 33.9 Å². The number of piperidine rings is 1. The molecule has 2 bridgehead atoms. The average Bonchev–Trinajstić information content (AvgIpc) is 3.62. The minimum atomic E-state index is -1.34. The number of nitrogens with zero attached hydrogens (tertiary/aromatic N) is 6. The molecule has 54 heavy (non-hydrogen) atoms. The summed E-state index contributed by atoms with van der Waals surface area (Å²) in [5.74, 6) is 1.28. The molecule has 0 spiro atoms. The van der Waals surface area contributed by atoms with Crippen molar-refractivity contribution in [1.29, 1.82) is 0 Å². The lowest BCUT2D eigenvalue weighted by Gasteiger charge is -2.40. The molecule has 1 amide bonds. The van der Waals surface area contributed by atoms with Crippen LogP contribution >= 0.6 is 0 Å². The van der Waals surface area contributed by atoms with E-state index in [4.69, 9.17) is 29.0 Å². The number of amides is 1. The molecule has 0 aliphatic carbocycles. The number of fused-ring (bicyclic) bond motifs is 3. The Bertz CT molecular complexity index is 1710. The summed E-state index contributed by atoms with van der Waals surface area (Å²) in [4.78, 5) is 27.5. The highest BCUT2D eigenvalue weighted by atomic mass is 28.3. The van der Waals surface area contributed by atoms with Gasteiger partial charge in [0.05, 0.1) is 36.4 Å². The van der Waals surface area contributed by atoms with Crippen molar-refractivity contribution in [3.8, 4) is 11.1 Å². The van der Waals surface area contributed by atoms with E-state index in [1.807, 2.05) is 55.4 Å². The second kappa shape index (κ2) is 17.2. The summed E-state index contributed by atoms with van der Waals surface area (Å²) in [5.41, 5.74) is 3.99. The maximum atomic E-state index is 13.5. The molecule has 0 saturated carbocycles. The highest BCUT2D eigenvalue weighted by molar-refractivity contribution is 6.76. The number of aromatic nitrogens is 4. The summed E-state index contributed by atoms with van der Waals surface area (Å²) >= 11 is 0. The Morgan fingerprint density at radius 2 is 1.59 bits per heavy atom. The fourth-order valence-corrected chi connectivity index (χ4v) is 8.77. The molecule has 3 aromatic rings. The molecule has 2 saturated heterocycles. The maximum Gasteiger partial charge on any atom is 0.410 e. The number of ether oxygens (including phenoxy) is 4. The van der Waals surface area contributed by atoms with Gasteiger partial charge in [0.25, 0.3) is 0 Å². The summed E-state index contributed by atoms with van der Waals surface area (Å²) in [5, 5.41) is 14.7. The molecule has 14 heteroatoms. The Hall–Kier alpha value is -3.31. The molecular weight excluding hydrogens is 717 g/mol. The summed E-state index contributed by atoms with van der Waals surface area (Å²) in [6, 6.07) is 5.90. The van der Waals surface area contributed by atoms with Crippen LogP contribution < -0.4 is 4.90 Å². The van der Waals surface area contributed by atoms with Crippen LogP contribution in [-0.4, -0.2) is 103 Å². The number of anilines is 1. The second-order valence-corrected chi connectivity index (χ2v) is 29.5.